The average Bonchev–Trinajstić information content (AvgIpc) is 3.21. The second kappa shape index (κ2) is 6.52. The van der Waals surface area contributed by atoms with Crippen LogP contribution in [0, 0.1) is 11.8 Å². The van der Waals surface area contributed by atoms with Gasteiger partial charge in [0.15, 0.2) is 0 Å². The molecule has 0 aromatic rings. The summed E-state index contributed by atoms with van der Waals surface area (Å²) >= 11 is 0. The topological polar surface area (TPSA) is 69.6 Å². The first-order valence-electron chi connectivity index (χ1n) is 7.43. The third-order valence-electron chi connectivity index (χ3n) is 4.29. The zero-order chi connectivity index (χ0) is 13.9. The quantitative estimate of drug-likeness (QED) is 0.738. The summed E-state index contributed by atoms with van der Waals surface area (Å²) in [6.07, 6.45) is 5.85. The number of aliphatic hydroxyl groups is 1. The highest BCUT2D eigenvalue weighted by Crippen LogP contribution is 2.34. The molecule has 6 heteroatoms. The van der Waals surface area contributed by atoms with Crippen molar-refractivity contribution in [2.75, 3.05) is 19.7 Å². The number of nitrogens with zero attached hydrogens (tertiary/aromatic N) is 1. The molecule has 0 aromatic heterocycles. The van der Waals surface area contributed by atoms with E-state index >= 15 is 0 Å². The number of nitrogens with one attached hydrogen (secondary N) is 1. The van der Waals surface area contributed by atoms with E-state index in [4.69, 9.17) is 5.11 Å². The average molecular weight is 290 g/mol. The summed E-state index contributed by atoms with van der Waals surface area (Å²) in [5.74, 6) is 0.993. The molecule has 0 spiro atoms. The molecule has 19 heavy (non-hydrogen) atoms. The summed E-state index contributed by atoms with van der Waals surface area (Å²) in [6, 6.07) is 0.0769. The maximum Gasteiger partial charge on any atom is 0.279 e. The molecule has 5 nitrogen and oxygen atoms in total. The van der Waals surface area contributed by atoms with Gasteiger partial charge in [-0.2, -0.15) is 17.4 Å². The molecular weight excluding hydrogens is 264 g/mol. The summed E-state index contributed by atoms with van der Waals surface area (Å²) < 4.78 is 29.0. The predicted octanol–water partition coefficient (Wildman–Crippen LogP) is 1.10. The smallest absolute Gasteiger partial charge is 0.279 e. The van der Waals surface area contributed by atoms with Crippen LogP contribution in [0.1, 0.15) is 45.4 Å². The zero-order valence-electron chi connectivity index (χ0n) is 11.7. The Hall–Kier alpha value is -0.170. The lowest BCUT2D eigenvalue weighted by Crippen LogP contribution is -2.48. The number of rotatable bonds is 7. The van der Waals surface area contributed by atoms with Crippen LogP contribution < -0.4 is 4.72 Å². The van der Waals surface area contributed by atoms with Crippen molar-refractivity contribution in [3.8, 4) is 0 Å². The Balaban J connectivity index is 1.86. The maximum atomic E-state index is 12.3. The molecule has 1 aliphatic carbocycles. The molecule has 1 atom stereocenters. The first kappa shape index (κ1) is 15.2. The fourth-order valence-electron chi connectivity index (χ4n) is 2.67. The SMILES string of the molecule is CCC(CC1CC1)NS(=O)(=O)N1CCC(CO)CC1. The van der Waals surface area contributed by atoms with Gasteiger partial charge in [-0.3, -0.25) is 0 Å². The maximum absolute atomic E-state index is 12.3. The lowest BCUT2D eigenvalue weighted by molar-refractivity contribution is 0.169. The van der Waals surface area contributed by atoms with Crippen molar-refractivity contribution in [3.05, 3.63) is 0 Å². The molecule has 2 rings (SSSR count). The van der Waals surface area contributed by atoms with E-state index in [-0.39, 0.29) is 18.6 Å². The standard InChI is InChI=1S/C13H26N2O3S/c1-2-13(9-11-3-4-11)14-19(17,18)15-7-5-12(10-16)6-8-15/h11-14,16H,2-10H2,1H3. The molecule has 0 radical (unpaired) electrons. The Kier molecular flexibility index (Phi) is 5.22. The van der Waals surface area contributed by atoms with Crippen molar-refractivity contribution < 1.29 is 13.5 Å². The van der Waals surface area contributed by atoms with E-state index in [1.54, 1.807) is 0 Å². The van der Waals surface area contributed by atoms with Crippen LogP contribution in [0.5, 0.6) is 0 Å². The molecule has 2 fully saturated rings. The third kappa shape index (κ3) is 4.41. The molecule has 2 N–H and O–H groups in total. The van der Waals surface area contributed by atoms with E-state index < -0.39 is 10.2 Å². The van der Waals surface area contributed by atoms with Gasteiger partial charge in [0.2, 0.25) is 0 Å². The van der Waals surface area contributed by atoms with E-state index in [1.807, 2.05) is 6.92 Å². The van der Waals surface area contributed by atoms with Crippen LogP contribution in [-0.2, 0) is 10.2 Å². The van der Waals surface area contributed by atoms with Gasteiger partial charge in [-0.15, -0.1) is 0 Å². The molecular formula is C13H26N2O3S. The summed E-state index contributed by atoms with van der Waals surface area (Å²) in [6.45, 7) is 3.26. The Morgan fingerprint density at radius 3 is 2.32 bits per heavy atom. The lowest BCUT2D eigenvalue weighted by atomic mass is 10.00. The van der Waals surface area contributed by atoms with Gasteiger partial charge >= 0.3 is 0 Å². The number of piperidine rings is 1. The van der Waals surface area contributed by atoms with Gasteiger partial charge < -0.3 is 5.11 Å². The van der Waals surface area contributed by atoms with Gasteiger partial charge in [0.05, 0.1) is 0 Å². The van der Waals surface area contributed by atoms with Crippen LogP contribution in [-0.4, -0.2) is 43.6 Å². The molecule has 2 aliphatic rings. The molecule has 1 aliphatic heterocycles. The van der Waals surface area contributed by atoms with Crippen LogP contribution in [0.25, 0.3) is 0 Å². The minimum absolute atomic E-state index is 0.0769. The summed E-state index contributed by atoms with van der Waals surface area (Å²) in [4.78, 5) is 0. The normalized spacial score (nSPS) is 24.5. The summed E-state index contributed by atoms with van der Waals surface area (Å²) in [7, 11) is -3.34. The number of hydrogen-bond acceptors (Lipinski definition) is 3. The largest absolute Gasteiger partial charge is 0.396 e. The van der Waals surface area contributed by atoms with Gasteiger partial charge in [-0.05, 0) is 37.5 Å². The summed E-state index contributed by atoms with van der Waals surface area (Å²) in [5.41, 5.74) is 0. The number of aliphatic hydroxyl groups excluding tert-OH is 1. The fraction of sp³-hybridized carbons (Fsp3) is 1.00. The zero-order valence-corrected chi connectivity index (χ0v) is 12.5. The third-order valence-corrected chi connectivity index (χ3v) is 5.97. The van der Waals surface area contributed by atoms with Gasteiger partial charge in [0.25, 0.3) is 10.2 Å². The number of hydrogen-bond donors (Lipinski definition) is 2. The van der Waals surface area contributed by atoms with Crippen molar-refractivity contribution in [2.24, 2.45) is 11.8 Å². The van der Waals surface area contributed by atoms with Crippen molar-refractivity contribution in [2.45, 2.75) is 51.5 Å². The molecule has 0 amide bonds. The van der Waals surface area contributed by atoms with Gasteiger partial charge in [-0.25, -0.2) is 0 Å². The minimum atomic E-state index is -3.34. The van der Waals surface area contributed by atoms with Crippen LogP contribution in [0.15, 0.2) is 0 Å². The molecule has 1 saturated heterocycles. The summed E-state index contributed by atoms with van der Waals surface area (Å²) in [5, 5.41) is 9.09. The van der Waals surface area contributed by atoms with Crippen LogP contribution in [0.4, 0.5) is 0 Å². The first-order chi connectivity index (χ1) is 9.05. The van der Waals surface area contributed by atoms with Gasteiger partial charge in [0, 0.05) is 25.7 Å². The Bertz CT molecular complexity index is 373. The van der Waals surface area contributed by atoms with Crippen molar-refractivity contribution >= 4 is 10.2 Å². The highest BCUT2D eigenvalue weighted by molar-refractivity contribution is 7.87. The van der Waals surface area contributed by atoms with Crippen molar-refractivity contribution in [3.63, 3.8) is 0 Å². The van der Waals surface area contributed by atoms with E-state index in [9.17, 15) is 8.42 Å². The molecule has 1 unspecified atom stereocenters. The second-order valence-corrected chi connectivity index (χ2v) is 7.63. The van der Waals surface area contributed by atoms with Crippen molar-refractivity contribution in [1.29, 1.82) is 0 Å². The van der Waals surface area contributed by atoms with Crippen molar-refractivity contribution in [1.82, 2.24) is 9.03 Å². The Labute approximate surface area is 116 Å². The highest BCUT2D eigenvalue weighted by atomic mass is 32.2. The monoisotopic (exact) mass is 290 g/mol. The lowest BCUT2D eigenvalue weighted by Gasteiger charge is -2.31. The van der Waals surface area contributed by atoms with E-state index in [0.717, 1.165) is 31.6 Å². The molecule has 0 aromatic carbocycles. The fourth-order valence-corrected chi connectivity index (χ4v) is 4.20. The molecule has 1 heterocycles. The minimum Gasteiger partial charge on any atom is -0.396 e. The predicted molar refractivity (Wildman–Crippen MR) is 74.9 cm³/mol. The van der Waals surface area contributed by atoms with Gasteiger partial charge in [0.1, 0.15) is 0 Å². The first-order valence-corrected chi connectivity index (χ1v) is 8.87. The van der Waals surface area contributed by atoms with Gasteiger partial charge in [-0.1, -0.05) is 19.8 Å². The van der Waals surface area contributed by atoms with Crippen LogP contribution >= 0.6 is 0 Å². The second-order valence-electron chi connectivity index (χ2n) is 5.93. The van der Waals surface area contributed by atoms with E-state index in [0.29, 0.717) is 13.1 Å². The molecule has 112 valence electrons. The Morgan fingerprint density at radius 1 is 1.21 bits per heavy atom. The highest BCUT2D eigenvalue weighted by Gasteiger charge is 2.31. The van der Waals surface area contributed by atoms with E-state index in [2.05, 4.69) is 4.72 Å². The Morgan fingerprint density at radius 2 is 1.84 bits per heavy atom. The molecule has 1 saturated carbocycles. The molecule has 0 bridgehead atoms. The van der Waals surface area contributed by atoms with Crippen LogP contribution in [0.2, 0.25) is 0 Å². The van der Waals surface area contributed by atoms with Crippen LogP contribution in [0.3, 0.4) is 0 Å². The van der Waals surface area contributed by atoms with E-state index in [1.165, 1.54) is 17.1 Å².